The van der Waals surface area contributed by atoms with Crippen molar-refractivity contribution in [1.29, 1.82) is 0 Å². The van der Waals surface area contributed by atoms with E-state index in [1.54, 1.807) is 17.0 Å². The fourth-order valence-electron chi connectivity index (χ4n) is 3.10. The van der Waals surface area contributed by atoms with Crippen LogP contribution in [0.25, 0.3) is 0 Å². The first-order valence-electron chi connectivity index (χ1n) is 8.52. The number of carbonyl (C=O) groups excluding carboxylic acids is 2. The van der Waals surface area contributed by atoms with Crippen molar-refractivity contribution in [1.82, 2.24) is 9.80 Å². The number of aryl methyl sites for hydroxylation is 1. The minimum absolute atomic E-state index is 0.0656. The third-order valence-electron chi connectivity index (χ3n) is 4.71. The molecule has 2 N–H and O–H groups in total. The molecule has 0 spiro atoms. The Morgan fingerprint density at radius 3 is 2.20 bits per heavy atom. The molecular formula is C20H23N3O2. The summed E-state index contributed by atoms with van der Waals surface area (Å²) in [4.78, 5) is 28.7. The number of rotatable bonds is 3. The van der Waals surface area contributed by atoms with Crippen LogP contribution in [0.3, 0.4) is 0 Å². The van der Waals surface area contributed by atoms with Gasteiger partial charge in [0.25, 0.3) is 5.91 Å². The highest BCUT2D eigenvalue weighted by molar-refractivity contribution is 5.99. The molecule has 1 saturated heterocycles. The maximum Gasteiger partial charge on any atom is 0.256 e. The van der Waals surface area contributed by atoms with Crippen molar-refractivity contribution in [2.45, 2.75) is 13.3 Å². The van der Waals surface area contributed by atoms with Crippen LogP contribution in [0.5, 0.6) is 0 Å². The Balaban J connectivity index is 1.58. The summed E-state index contributed by atoms with van der Waals surface area (Å²) >= 11 is 0. The molecule has 25 heavy (non-hydrogen) atoms. The highest BCUT2D eigenvalue weighted by Crippen LogP contribution is 2.16. The number of para-hydroxylation sites is 1. The van der Waals surface area contributed by atoms with Crippen LogP contribution in [0.15, 0.2) is 48.5 Å². The smallest absolute Gasteiger partial charge is 0.256 e. The lowest BCUT2D eigenvalue weighted by molar-refractivity contribution is -0.131. The van der Waals surface area contributed by atoms with E-state index in [4.69, 9.17) is 5.73 Å². The first-order valence-corrected chi connectivity index (χ1v) is 8.52. The molecule has 0 atom stereocenters. The van der Waals surface area contributed by atoms with Crippen molar-refractivity contribution in [3.63, 3.8) is 0 Å². The van der Waals surface area contributed by atoms with E-state index in [1.165, 1.54) is 0 Å². The lowest BCUT2D eigenvalue weighted by atomic mass is 10.1. The third kappa shape index (κ3) is 3.82. The fraction of sp³-hybridized carbons (Fsp3) is 0.300. The summed E-state index contributed by atoms with van der Waals surface area (Å²) in [6, 6.07) is 15.0. The van der Waals surface area contributed by atoms with E-state index in [2.05, 4.69) is 0 Å². The number of hydrogen-bond donors (Lipinski definition) is 1. The van der Waals surface area contributed by atoms with Gasteiger partial charge in [0, 0.05) is 31.9 Å². The van der Waals surface area contributed by atoms with E-state index in [-0.39, 0.29) is 11.8 Å². The number of nitrogens with zero attached hydrogens (tertiary/aromatic N) is 2. The van der Waals surface area contributed by atoms with Crippen molar-refractivity contribution in [3.8, 4) is 0 Å². The summed E-state index contributed by atoms with van der Waals surface area (Å²) < 4.78 is 0. The van der Waals surface area contributed by atoms with Gasteiger partial charge in [-0.3, -0.25) is 9.59 Å². The lowest BCUT2D eigenvalue weighted by Crippen LogP contribution is -2.51. The first-order chi connectivity index (χ1) is 12.1. The van der Waals surface area contributed by atoms with Crippen LogP contribution in [0, 0.1) is 6.92 Å². The fourth-order valence-corrected chi connectivity index (χ4v) is 3.10. The van der Waals surface area contributed by atoms with Gasteiger partial charge in [0.1, 0.15) is 0 Å². The molecule has 0 radical (unpaired) electrons. The third-order valence-corrected chi connectivity index (χ3v) is 4.71. The number of benzene rings is 2. The molecule has 5 heteroatoms. The number of nitrogens with two attached hydrogens (primary N) is 1. The largest absolute Gasteiger partial charge is 0.398 e. The van der Waals surface area contributed by atoms with E-state index in [1.807, 2.05) is 48.2 Å². The second-order valence-electron chi connectivity index (χ2n) is 6.36. The number of amides is 2. The molecule has 1 aliphatic rings. The van der Waals surface area contributed by atoms with E-state index >= 15 is 0 Å². The van der Waals surface area contributed by atoms with E-state index < -0.39 is 0 Å². The number of anilines is 1. The zero-order valence-electron chi connectivity index (χ0n) is 14.4. The quantitative estimate of drug-likeness (QED) is 0.872. The van der Waals surface area contributed by atoms with E-state index in [9.17, 15) is 9.59 Å². The zero-order valence-corrected chi connectivity index (χ0v) is 14.4. The highest BCUT2D eigenvalue weighted by atomic mass is 16.2. The molecule has 2 aromatic carbocycles. The van der Waals surface area contributed by atoms with Gasteiger partial charge in [-0.1, -0.05) is 36.4 Å². The van der Waals surface area contributed by atoms with Crippen LogP contribution in [0.4, 0.5) is 5.69 Å². The summed E-state index contributed by atoms with van der Waals surface area (Å²) in [7, 11) is 0. The molecule has 5 nitrogen and oxygen atoms in total. The van der Waals surface area contributed by atoms with Gasteiger partial charge in [-0.05, 0) is 30.2 Å². The summed E-state index contributed by atoms with van der Waals surface area (Å²) in [5.74, 6) is 0.0460. The SMILES string of the molecule is Cc1ccccc1CC(=O)N1CCN(C(=O)c2ccccc2N)CC1. The molecule has 1 heterocycles. The molecular weight excluding hydrogens is 314 g/mol. The normalized spacial score (nSPS) is 14.4. The summed E-state index contributed by atoms with van der Waals surface area (Å²) in [5, 5.41) is 0. The molecule has 3 rings (SSSR count). The predicted molar refractivity (Wildman–Crippen MR) is 98.2 cm³/mol. The second-order valence-corrected chi connectivity index (χ2v) is 6.36. The van der Waals surface area contributed by atoms with Crippen LogP contribution in [-0.4, -0.2) is 47.8 Å². The maximum absolute atomic E-state index is 12.6. The predicted octanol–water partition coefficient (Wildman–Crippen LogP) is 2.10. The highest BCUT2D eigenvalue weighted by Gasteiger charge is 2.25. The van der Waals surface area contributed by atoms with Crippen molar-refractivity contribution in [2.24, 2.45) is 0 Å². The molecule has 0 bridgehead atoms. The van der Waals surface area contributed by atoms with Gasteiger partial charge >= 0.3 is 0 Å². The van der Waals surface area contributed by atoms with Crippen LogP contribution < -0.4 is 5.73 Å². The Bertz CT molecular complexity index is 780. The topological polar surface area (TPSA) is 66.6 Å². The monoisotopic (exact) mass is 337 g/mol. The summed E-state index contributed by atoms with van der Waals surface area (Å²) in [6.07, 6.45) is 0.409. The Labute approximate surface area is 148 Å². The average molecular weight is 337 g/mol. The van der Waals surface area contributed by atoms with Gasteiger partial charge in [-0.2, -0.15) is 0 Å². The molecule has 1 fully saturated rings. The van der Waals surface area contributed by atoms with Crippen LogP contribution in [-0.2, 0) is 11.2 Å². The number of carbonyl (C=O) groups is 2. The van der Waals surface area contributed by atoms with Crippen molar-refractivity contribution in [2.75, 3.05) is 31.9 Å². The van der Waals surface area contributed by atoms with Gasteiger partial charge in [0.15, 0.2) is 0 Å². The van der Waals surface area contributed by atoms with Crippen molar-refractivity contribution >= 4 is 17.5 Å². The molecule has 0 saturated carbocycles. The molecule has 0 unspecified atom stereocenters. The van der Waals surface area contributed by atoms with Crippen LogP contribution >= 0.6 is 0 Å². The summed E-state index contributed by atoms with van der Waals surface area (Å²) in [6.45, 7) is 4.20. The average Bonchev–Trinajstić information content (AvgIpc) is 2.63. The Kier molecular flexibility index (Phi) is 5.03. The molecule has 2 aromatic rings. The van der Waals surface area contributed by atoms with Crippen molar-refractivity contribution < 1.29 is 9.59 Å². The van der Waals surface area contributed by atoms with Gasteiger partial charge in [0.05, 0.1) is 12.0 Å². The van der Waals surface area contributed by atoms with Crippen LogP contribution in [0.1, 0.15) is 21.5 Å². The van der Waals surface area contributed by atoms with Crippen LogP contribution in [0.2, 0.25) is 0 Å². The zero-order chi connectivity index (χ0) is 17.8. The summed E-state index contributed by atoms with van der Waals surface area (Å²) in [5.41, 5.74) is 9.10. The standard InChI is InChI=1S/C20H23N3O2/c1-15-6-2-3-7-16(15)14-19(24)22-10-12-23(13-11-22)20(25)17-8-4-5-9-18(17)21/h2-9H,10-14,21H2,1H3. The minimum Gasteiger partial charge on any atom is -0.398 e. The second kappa shape index (κ2) is 7.38. The molecule has 130 valence electrons. The minimum atomic E-state index is -0.0656. The number of piperazine rings is 1. The number of hydrogen-bond acceptors (Lipinski definition) is 3. The molecule has 2 amide bonds. The molecule has 0 aromatic heterocycles. The Morgan fingerprint density at radius 1 is 0.920 bits per heavy atom. The van der Waals surface area contributed by atoms with E-state index in [0.29, 0.717) is 43.9 Å². The van der Waals surface area contributed by atoms with Gasteiger partial charge in [-0.25, -0.2) is 0 Å². The van der Waals surface area contributed by atoms with Crippen molar-refractivity contribution in [3.05, 3.63) is 65.2 Å². The van der Waals surface area contributed by atoms with E-state index in [0.717, 1.165) is 11.1 Å². The molecule has 1 aliphatic heterocycles. The Morgan fingerprint density at radius 2 is 1.52 bits per heavy atom. The first kappa shape index (κ1) is 17.0. The van der Waals surface area contributed by atoms with Gasteiger partial charge in [-0.15, -0.1) is 0 Å². The van der Waals surface area contributed by atoms with Gasteiger partial charge in [0.2, 0.25) is 5.91 Å². The Hall–Kier alpha value is -2.82. The molecule has 0 aliphatic carbocycles. The number of nitrogen functional groups attached to an aromatic ring is 1. The maximum atomic E-state index is 12.6. The lowest BCUT2D eigenvalue weighted by Gasteiger charge is -2.35. The van der Waals surface area contributed by atoms with Gasteiger partial charge < -0.3 is 15.5 Å².